The van der Waals surface area contributed by atoms with Crippen LogP contribution in [-0.4, -0.2) is 11.1 Å². The Morgan fingerprint density at radius 1 is 1.26 bits per heavy atom. The normalized spacial score (nSPS) is 12.7. The summed E-state index contributed by atoms with van der Waals surface area (Å²) in [6, 6.07) is 8.00. The summed E-state index contributed by atoms with van der Waals surface area (Å²) in [5.41, 5.74) is 8.39. The summed E-state index contributed by atoms with van der Waals surface area (Å²) in [5.74, 6) is 0.885. The van der Waals surface area contributed by atoms with Gasteiger partial charge in [0.05, 0.1) is 11.1 Å². The summed E-state index contributed by atoms with van der Waals surface area (Å²) in [6.07, 6.45) is 0.973. The molecule has 2 rings (SSSR count). The zero-order valence-electron chi connectivity index (χ0n) is 11.6. The van der Waals surface area contributed by atoms with E-state index in [-0.39, 0.29) is 12.1 Å². The highest BCUT2D eigenvalue weighted by atomic mass is 32.1. The highest BCUT2D eigenvalue weighted by molar-refractivity contribution is 7.09. The first-order chi connectivity index (χ1) is 9.04. The van der Waals surface area contributed by atoms with Crippen LogP contribution in [0.15, 0.2) is 29.6 Å². The van der Waals surface area contributed by atoms with Crippen molar-refractivity contribution >= 4 is 11.3 Å². The molecule has 0 aliphatic rings. The minimum atomic E-state index is -0.0151. The summed E-state index contributed by atoms with van der Waals surface area (Å²) >= 11 is 1.67. The molecule has 102 valence electrons. The number of aromatic nitrogens is 1. The molecule has 0 amide bonds. The summed E-state index contributed by atoms with van der Waals surface area (Å²) in [7, 11) is 0. The second-order valence-electron chi connectivity index (χ2n) is 4.93. The van der Waals surface area contributed by atoms with E-state index in [4.69, 9.17) is 10.5 Å². The number of rotatable bonds is 5. The van der Waals surface area contributed by atoms with Gasteiger partial charge in [-0.25, -0.2) is 4.98 Å². The van der Waals surface area contributed by atoms with Crippen LogP contribution in [0.5, 0.6) is 5.75 Å². The van der Waals surface area contributed by atoms with Crippen LogP contribution in [0.25, 0.3) is 0 Å². The first-order valence-electron chi connectivity index (χ1n) is 6.48. The Labute approximate surface area is 118 Å². The molecule has 1 heterocycles. The topological polar surface area (TPSA) is 48.1 Å². The Bertz CT molecular complexity index is 519. The van der Waals surface area contributed by atoms with Crippen LogP contribution in [0.1, 0.15) is 36.2 Å². The lowest BCUT2D eigenvalue weighted by Crippen LogP contribution is -2.13. The van der Waals surface area contributed by atoms with Crippen LogP contribution >= 0.6 is 11.3 Å². The molecule has 4 heteroatoms. The second-order valence-corrected chi connectivity index (χ2v) is 5.87. The third-order valence-electron chi connectivity index (χ3n) is 2.74. The molecule has 0 fully saturated rings. The van der Waals surface area contributed by atoms with Gasteiger partial charge in [0.1, 0.15) is 5.75 Å². The van der Waals surface area contributed by atoms with Gasteiger partial charge in [-0.2, -0.15) is 0 Å². The minimum absolute atomic E-state index is 0.0151. The first-order valence-corrected chi connectivity index (χ1v) is 7.36. The lowest BCUT2D eigenvalue weighted by atomic mass is 10.1. The average Bonchev–Trinajstić information content (AvgIpc) is 2.75. The maximum atomic E-state index is 6.21. The van der Waals surface area contributed by atoms with Gasteiger partial charge in [-0.05, 0) is 38.5 Å². The van der Waals surface area contributed by atoms with E-state index in [1.807, 2.05) is 45.0 Å². The number of hydrogen-bond donors (Lipinski definition) is 1. The van der Waals surface area contributed by atoms with E-state index >= 15 is 0 Å². The lowest BCUT2D eigenvalue weighted by Gasteiger charge is -2.13. The number of aryl methyl sites for hydroxylation is 1. The van der Waals surface area contributed by atoms with E-state index in [2.05, 4.69) is 10.4 Å². The predicted molar refractivity (Wildman–Crippen MR) is 79.7 cm³/mol. The summed E-state index contributed by atoms with van der Waals surface area (Å²) in [4.78, 5) is 4.45. The van der Waals surface area contributed by atoms with Crippen molar-refractivity contribution in [1.29, 1.82) is 0 Å². The Hall–Kier alpha value is -1.39. The van der Waals surface area contributed by atoms with Crippen molar-refractivity contribution in [1.82, 2.24) is 4.98 Å². The van der Waals surface area contributed by atoms with E-state index in [0.717, 1.165) is 28.4 Å². The van der Waals surface area contributed by atoms with Gasteiger partial charge in [-0.15, -0.1) is 11.3 Å². The van der Waals surface area contributed by atoms with Crippen molar-refractivity contribution in [2.45, 2.75) is 39.3 Å². The van der Waals surface area contributed by atoms with Gasteiger partial charge in [0.15, 0.2) is 0 Å². The molecule has 1 unspecified atom stereocenters. The molecule has 0 bridgehead atoms. The fraction of sp³-hybridized carbons (Fsp3) is 0.400. The van der Waals surface area contributed by atoms with Gasteiger partial charge in [0, 0.05) is 23.5 Å². The fourth-order valence-electron chi connectivity index (χ4n) is 1.87. The number of nitrogens with zero attached hydrogens (tertiary/aromatic N) is 1. The standard InChI is InChI=1S/C15H20N2OS/c1-10(2)18-13-6-4-12(5-7-13)14(16)8-15-17-11(3)9-19-15/h4-7,9-10,14H,8,16H2,1-3H3. The number of hydrogen-bond acceptors (Lipinski definition) is 4. The molecule has 0 radical (unpaired) electrons. The number of benzene rings is 1. The quantitative estimate of drug-likeness (QED) is 0.909. The largest absolute Gasteiger partial charge is 0.491 e. The molecule has 0 aliphatic heterocycles. The van der Waals surface area contributed by atoms with Crippen molar-refractivity contribution in [2.24, 2.45) is 5.73 Å². The summed E-state index contributed by atoms with van der Waals surface area (Å²) in [5, 5.41) is 3.15. The molecule has 0 aliphatic carbocycles. The zero-order chi connectivity index (χ0) is 13.8. The summed E-state index contributed by atoms with van der Waals surface area (Å²) < 4.78 is 5.62. The molecule has 0 saturated heterocycles. The molecule has 1 atom stereocenters. The van der Waals surface area contributed by atoms with Gasteiger partial charge in [-0.1, -0.05) is 12.1 Å². The van der Waals surface area contributed by atoms with E-state index in [9.17, 15) is 0 Å². The lowest BCUT2D eigenvalue weighted by molar-refractivity contribution is 0.242. The van der Waals surface area contributed by atoms with E-state index in [1.54, 1.807) is 11.3 Å². The molecule has 1 aromatic heterocycles. The number of ether oxygens (including phenoxy) is 1. The molecule has 0 saturated carbocycles. The molecule has 3 nitrogen and oxygen atoms in total. The van der Waals surface area contributed by atoms with Crippen LogP contribution in [0.3, 0.4) is 0 Å². The average molecular weight is 276 g/mol. The van der Waals surface area contributed by atoms with Crippen LogP contribution in [0, 0.1) is 6.92 Å². The number of nitrogens with two attached hydrogens (primary N) is 1. The molecule has 19 heavy (non-hydrogen) atoms. The number of thiazole rings is 1. The second kappa shape index (κ2) is 6.17. The minimum Gasteiger partial charge on any atom is -0.491 e. The van der Waals surface area contributed by atoms with Crippen molar-refractivity contribution in [3.05, 3.63) is 45.9 Å². The van der Waals surface area contributed by atoms with Crippen LogP contribution in [0.4, 0.5) is 0 Å². The highest BCUT2D eigenvalue weighted by Gasteiger charge is 2.10. The van der Waals surface area contributed by atoms with Gasteiger partial charge < -0.3 is 10.5 Å². The Morgan fingerprint density at radius 3 is 2.47 bits per heavy atom. The van der Waals surface area contributed by atoms with E-state index < -0.39 is 0 Å². The zero-order valence-corrected chi connectivity index (χ0v) is 12.4. The fourth-order valence-corrected chi connectivity index (χ4v) is 2.70. The van der Waals surface area contributed by atoms with Gasteiger partial charge >= 0.3 is 0 Å². The SMILES string of the molecule is Cc1csc(CC(N)c2ccc(OC(C)C)cc2)n1. The highest BCUT2D eigenvalue weighted by Crippen LogP contribution is 2.21. The Balaban J connectivity index is 2.01. The molecular formula is C15H20N2OS. The predicted octanol–water partition coefficient (Wildman–Crippen LogP) is 3.48. The van der Waals surface area contributed by atoms with Gasteiger partial charge in [0.2, 0.25) is 0 Å². The third-order valence-corrected chi connectivity index (χ3v) is 3.73. The van der Waals surface area contributed by atoms with Crippen LogP contribution in [-0.2, 0) is 6.42 Å². The summed E-state index contributed by atoms with van der Waals surface area (Å²) in [6.45, 7) is 6.04. The molecule has 2 N–H and O–H groups in total. The first kappa shape index (κ1) is 14.0. The monoisotopic (exact) mass is 276 g/mol. The van der Waals surface area contributed by atoms with Crippen LogP contribution in [0.2, 0.25) is 0 Å². The smallest absolute Gasteiger partial charge is 0.119 e. The van der Waals surface area contributed by atoms with E-state index in [0.29, 0.717) is 0 Å². The van der Waals surface area contributed by atoms with Crippen molar-refractivity contribution in [3.63, 3.8) is 0 Å². The van der Waals surface area contributed by atoms with Gasteiger partial charge in [-0.3, -0.25) is 0 Å². The van der Waals surface area contributed by atoms with Gasteiger partial charge in [0.25, 0.3) is 0 Å². The maximum absolute atomic E-state index is 6.21. The Morgan fingerprint density at radius 2 is 1.95 bits per heavy atom. The third kappa shape index (κ3) is 4.04. The maximum Gasteiger partial charge on any atom is 0.119 e. The van der Waals surface area contributed by atoms with E-state index in [1.165, 1.54) is 0 Å². The Kier molecular flexibility index (Phi) is 4.56. The molecule has 0 spiro atoms. The van der Waals surface area contributed by atoms with Crippen molar-refractivity contribution in [2.75, 3.05) is 0 Å². The van der Waals surface area contributed by atoms with Crippen LogP contribution < -0.4 is 10.5 Å². The molecule has 2 aromatic rings. The molecular weight excluding hydrogens is 256 g/mol. The molecule has 1 aromatic carbocycles. The van der Waals surface area contributed by atoms with Crippen molar-refractivity contribution in [3.8, 4) is 5.75 Å². The van der Waals surface area contributed by atoms with Crippen molar-refractivity contribution < 1.29 is 4.74 Å².